The zero-order chi connectivity index (χ0) is 94.5. The first-order valence-corrected chi connectivity index (χ1v) is 52.2. The average molecular weight is 1840 g/mol. The molecule has 0 radical (unpaired) electrons. The third-order valence-corrected chi connectivity index (χ3v) is 32.1. The normalized spacial score (nSPS) is 12.3. The minimum Gasteiger partial charge on any atom is -0.309 e. The van der Waals surface area contributed by atoms with E-state index in [-0.39, 0.29) is 0 Å². The Hall–Kier alpha value is -17.8. The summed E-state index contributed by atoms with van der Waals surface area (Å²) < 4.78 is 54.2. The maximum Gasteiger partial charge on any atom is 0.416 e. The van der Waals surface area contributed by atoms with Gasteiger partial charge in [0, 0.05) is 98.2 Å². The number of halogens is 3. The minimum absolute atomic E-state index is 0.657. The number of nitrogens with zero attached hydrogens (tertiary/aromatic N) is 6. The molecule has 30 rings (SSSR count). The SMILES string of the molecule is C[Si](C)(C)c1ccc(-n2c3ccccc3c3cc(-c4ccc5c(c4)c4ccccc4n5-c4ccc5c6c(cccc46)-c4ccccc4-5)ccc32)cc1.FC(F)(F)c1ccc(-n2c3ccccc3c3cc(-c4ccc5c(c4)c4ccccc4n5-c4ccc5c6c(cccc46)-c4ccccc4-5)ccc32)cc1.c1ccc(-n2c3ccccc3c3cc(-c4ccc5c(c4)c4ccccc4n5-c4ccccc4)ccc32)cc1. The maximum absolute atomic E-state index is 13.4. The summed E-state index contributed by atoms with van der Waals surface area (Å²) in [5.41, 5.74) is 37.5. The Bertz CT molecular complexity index is 9500. The van der Waals surface area contributed by atoms with Crippen molar-refractivity contribution in [2.75, 3.05) is 0 Å². The van der Waals surface area contributed by atoms with Crippen molar-refractivity contribution in [3.05, 3.63) is 479 Å². The first-order chi connectivity index (χ1) is 69.7. The van der Waals surface area contributed by atoms with Crippen molar-refractivity contribution in [1.82, 2.24) is 27.4 Å². The second kappa shape index (κ2) is 31.9. The van der Waals surface area contributed by atoms with E-state index >= 15 is 0 Å². The maximum atomic E-state index is 13.4. The fourth-order valence-corrected chi connectivity index (χ4v) is 24.8. The van der Waals surface area contributed by atoms with Gasteiger partial charge in [0.15, 0.2) is 0 Å². The number of fused-ring (bicyclic) bond motifs is 24. The topological polar surface area (TPSA) is 29.6 Å². The van der Waals surface area contributed by atoms with Crippen molar-refractivity contribution in [2.24, 2.45) is 0 Å². The summed E-state index contributed by atoms with van der Waals surface area (Å²) in [4.78, 5) is 0. The highest BCUT2D eigenvalue weighted by atomic mass is 28.3. The van der Waals surface area contributed by atoms with Crippen LogP contribution in [0, 0.1) is 0 Å². The Labute approximate surface area is 817 Å². The highest BCUT2D eigenvalue weighted by molar-refractivity contribution is 6.88. The van der Waals surface area contributed by atoms with E-state index in [1.165, 1.54) is 214 Å². The average Bonchev–Trinajstić information content (AvgIpc) is 1.56. The molecule has 142 heavy (non-hydrogen) atoms. The first-order valence-electron chi connectivity index (χ1n) is 48.7. The largest absolute Gasteiger partial charge is 0.416 e. The number of alkyl halides is 3. The van der Waals surface area contributed by atoms with Crippen LogP contribution >= 0.6 is 0 Å². The van der Waals surface area contributed by atoms with Gasteiger partial charge >= 0.3 is 6.18 Å². The molecule has 22 aromatic carbocycles. The summed E-state index contributed by atoms with van der Waals surface area (Å²) in [5, 5.41) is 21.3. The molecule has 2 aliphatic carbocycles. The second-order valence-electron chi connectivity index (χ2n) is 38.8. The van der Waals surface area contributed by atoms with Gasteiger partial charge in [-0.15, -0.1) is 0 Å². The van der Waals surface area contributed by atoms with E-state index in [1.54, 1.807) is 12.1 Å². The smallest absolute Gasteiger partial charge is 0.309 e. The number of aromatic nitrogens is 6. The van der Waals surface area contributed by atoms with Crippen LogP contribution in [-0.4, -0.2) is 35.5 Å². The Kier molecular flexibility index (Phi) is 18.5. The molecule has 0 amide bonds. The molecule has 6 heterocycles. The molecular formula is C132H87F3N6Si. The van der Waals surface area contributed by atoms with Crippen LogP contribution in [0.1, 0.15) is 5.56 Å². The van der Waals surface area contributed by atoms with Crippen molar-refractivity contribution in [1.29, 1.82) is 0 Å². The van der Waals surface area contributed by atoms with Crippen LogP contribution in [0.2, 0.25) is 19.6 Å². The lowest BCUT2D eigenvalue weighted by Crippen LogP contribution is -2.37. The highest BCUT2D eigenvalue weighted by Gasteiger charge is 2.32. The van der Waals surface area contributed by atoms with Crippen molar-refractivity contribution in [2.45, 2.75) is 25.8 Å². The van der Waals surface area contributed by atoms with Gasteiger partial charge in [-0.1, -0.05) is 316 Å². The van der Waals surface area contributed by atoms with Crippen LogP contribution in [0.3, 0.4) is 0 Å². The molecule has 2 aliphatic rings. The molecule has 670 valence electrons. The minimum atomic E-state index is -4.39. The van der Waals surface area contributed by atoms with Gasteiger partial charge in [-0.05, 0) is 271 Å². The van der Waals surface area contributed by atoms with Gasteiger partial charge in [-0.2, -0.15) is 13.2 Å². The summed E-state index contributed by atoms with van der Waals surface area (Å²) in [5.74, 6) is 0. The Morgan fingerprint density at radius 2 is 0.387 bits per heavy atom. The monoisotopic (exact) mass is 1840 g/mol. The van der Waals surface area contributed by atoms with Crippen LogP contribution in [0.4, 0.5) is 13.2 Å². The van der Waals surface area contributed by atoms with Crippen molar-refractivity contribution in [3.63, 3.8) is 0 Å². The highest BCUT2D eigenvalue weighted by Crippen LogP contribution is 2.53. The molecule has 0 spiro atoms. The van der Waals surface area contributed by atoms with E-state index in [4.69, 9.17) is 0 Å². The molecule has 0 unspecified atom stereocenters. The van der Waals surface area contributed by atoms with Gasteiger partial charge in [0.05, 0.1) is 91.2 Å². The lowest BCUT2D eigenvalue weighted by atomic mass is 10.0. The summed E-state index contributed by atoms with van der Waals surface area (Å²) >= 11 is 0. The molecule has 0 aliphatic heterocycles. The van der Waals surface area contributed by atoms with E-state index in [9.17, 15) is 13.2 Å². The molecule has 0 saturated heterocycles. The third-order valence-electron chi connectivity index (χ3n) is 30.0. The third kappa shape index (κ3) is 12.8. The van der Waals surface area contributed by atoms with Crippen LogP contribution in [-0.2, 0) is 6.18 Å². The molecule has 6 aromatic heterocycles. The Morgan fingerprint density at radius 3 is 0.669 bits per heavy atom. The van der Waals surface area contributed by atoms with E-state index < -0.39 is 19.8 Å². The second-order valence-corrected chi connectivity index (χ2v) is 43.9. The molecule has 6 nitrogen and oxygen atoms in total. The summed E-state index contributed by atoms with van der Waals surface area (Å²) in [6.07, 6.45) is -4.39. The van der Waals surface area contributed by atoms with Crippen molar-refractivity contribution < 1.29 is 13.2 Å². The van der Waals surface area contributed by atoms with Gasteiger partial charge in [0.1, 0.15) is 0 Å². The van der Waals surface area contributed by atoms with Crippen LogP contribution in [0.5, 0.6) is 0 Å². The van der Waals surface area contributed by atoms with Crippen molar-refractivity contribution >= 4 is 166 Å². The van der Waals surface area contributed by atoms with E-state index in [2.05, 4.69) is 473 Å². The zero-order valence-electron chi connectivity index (χ0n) is 77.9. The predicted molar refractivity (Wildman–Crippen MR) is 594 cm³/mol. The summed E-state index contributed by atoms with van der Waals surface area (Å²) in [6, 6.07) is 169. The van der Waals surface area contributed by atoms with E-state index in [1.807, 2.05) is 22.8 Å². The van der Waals surface area contributed by atoms with Gasteiger partial charge in [0.25, 0.3) is 0 Å². The number of hydrogen-bond donors (Lipinski definition) is 0. The van der Waals surface area contributed by atoms with Crippen LogP contribution in [0.15, 0.2) is 473 Å². The number of para-hydroxylation sites is 8. The van der Waals surface area contributed by atoms with Gasteiger partial charge < -0.3 is 27.4 Å². The zero-order valence-corrected chi connectivity index (χ0v) is 78.9. The van der Waals surface area contributed by atoms with E-state index in [0.29, 0.717) is 5.69 Å². The Morgan fingerprint density at radius 1 is 0.169 bits per heavy atom. The van der Waals surface area contributed by atoms with Crippen LogP contribution in [0.25, 0.3) is 264 Å². The van der Waals surface area contributed by atoms with Crippen molar-refractivity contribution in [3.8, 4) is 112 Å². The van der Waals surface area contributed by atoms with Gasteiger partial charge in [-0.25, -0.2) is 0 Å². The number of hydrogen-bond acceptors (Lipinski definition) is 0. The molecule has 0 saturated carbocycles. The quantitative estimate of drug-likeness (QED) is 0.122. The Balaban J connectivity index is 0.000000106. The van der Waals surface area contributed by atoms with Gasteiger partial charge in [-0.3, -0.25) is 0 Å². The molecule has 28 aromatic rings. The predicted octanol–water partition coefficient (Wildman–Crippen LogP) is 35.8. The fourth-order valence-electron chi connectivity index (χ4n) is 23.6. The summed E-state index contributed by atoms with van der Waals surface area (Å²) in [7, 11) is -1.39. The first kappa shape index (κ1) is 82.4. The fraction of sp³-hybridized carbons (Fsp3) is 0.0303. The number of benzene rings is 22. The van der Waals surface area contributed by atoms with Gasteiger partial charge in [0.2, 0.25) is 0 Å². The molecule has 0 N–H and O–H groups in total. The molecular weight excluding hydrogens is 1750 g/mol. The van der Waals surface area contributed by atoms with E-state index in [0.717, 1.165) is 61.8 Å². The molecule has 0 atom stereocenters. The number of rotatable bonds is 10. The lowest BCUT2D eigenvalue weighted by molar-refractivity contribution is -0.137. The van der Waals surface area contributed by atoms with Crippen LogP contribution < -0.4 is 5.19 Å². The lowest BCUT2D eigenvalue weighted by Gasteiger charge is -2.17. The summed E-state index contributed by atoms with van der Waals surface area (Å²) in [6.45, 7) is 7.23. The molecule has 0 bridgehead atoms. The molecule has 0 fully saturated rings. The standard InChI is InChI=1S/C49H36N2Si.C47H27F3N2.C36H24N2/c1-52(2,3)34-23-21-33(22-24-34)50-44-17-8-6-13-37(44)42-29-31(19-26-47(42)50)32-20-27-48-43(30-32)38-14-7-9-18-45(38)51(48)46-28-25-40-36-12-5-4-11-35(36)39-15-10-16-41(46)49(39)40;48-47(49,50)30-18-20-31(21-19-30)51-41-14-5-3-10-34(41)39-26-28(16-23-44(39)51)29-17-24-45-40(27-29)35-11-4-6-15-42(35)52(45)43-25-22-37-33-9-2-1-8-32(33)36-12-7-13-38(43)46(36)37;1-3-11-27(12-4-1)37-33-17-9-7-15-29(33)31-23-25(19-21-35(31)37)26-20-22-36-32(24-26)30-16-8-10-18-34(30)38(36)28-13-5-2-6-14-28/h4-30H,1-3H3;1-27H;1-24H. The molecule has 10 heteroatoms.